The number of hydrogen-bond donors (Lipinski definition) is 0. The predicted molar refractivity (Wildman–Crippen MR) is 87.6 cm³/mol. The van der Waals surface area contributed by atoms with Crippen LogP contribution in [0.2, 0.25) is 0 Å². The average Bonchev–Trinajstić information content (AvgIpc) is 2.52. The first-order chi connectivity index (χ1) is 10.2. The van der Waals surface area contributed by atoms with Gasteiger partial charge in [0.15, 0.2) is 0 Å². The number of hydrogen-bond acceptors (Lipinski definition) is 3. The van der Waals surface area contributed by atoms with Crippen molar-refractivity contribution in [1.82, 2.24) is 9.88 Å². The zero-order chi connectivity index (χ0) is 14.7. The Balaban J connectivity index is 1.61. The molecular weight excluding hydrogens is 258 g/mol. The molecule has 0 amide bonds. The van der Waals surface area contributed by atoms with Crippen LogP contribution in [0.25, 0.3) is 0 Å². The molecule has 0 unspecified atom stereocenters. The van der Waals surface area contributed by atoms with E-state index in [9.17, 15) is 0 Å². The predicted octanol–water partition coefficient (Wildman–Crippen LogP) is 3.02. The van der Waals surface area contributed by atoms with Crippen LogP contribution >= 0.6 is 0 Å². The molecule has 0 spiro atoms. The van der Waals surface area contributed by atoms with E-state index in [0.717, 1.165) is 38.4 Å². The standard InChI is InChI=1S/C18H23N3/c1-15-6-7-16(2)18(13-15)21-11-9-20(10-12-21)14-17-5-3-4-8-19-17/h3-8,13H,9-12,14H2,1-2H3. The highest BCUT2D eigenvalue weighted by atomic mass is 15.3. The van der Waals surface area contributed by atoms with Gasteiger partial charge in [-0.25, -0.2) is 0 Å². The highest BCUT2D eigenvalue weighted by Gasteiger charge is 2.18. The van der Waals surface area contributed by atoms with Crippen molar-refractivity contribution in [3.63, 3.8) is 0 Å². The molecule has 2 heterocycles. The third kappa shape index (κ3) is 3.42. The average molecular weight is 281 g/mol. The molecule has 110 valence electrons. The maximum absolute atomic E-state index is 4.42. The van der Waals surface area contributed by atoms with Gasteiger partial charge < -0.3 is 4.90 Å². The molecule has 1 aromatic carbocycles. The van der Waals surface area contributed by atoms with Crippen molar-refractivity contribution in [3.8, 4) is 0 Å². The molecule has 3 heteroatoms. The minimum atomic E-state index is 0.960. The van der Waals surface area contributed by atoms with Crippen LogP contribution < -0.4 is 4.90 Å². The molecule has 0 bridgehead atoms. The Kier molecular flexibility index (Phi) is 4.20. The maximum Gasteiger partial charge on any atom is 0.0543 e. The second kappa shape index (κ2) is 6.27. The minimum absolute atomic E-state index is 0.960. The van der Waals surface area contributed by atoms with Gasteiger partial charge >= 0.3 is 0 Å². The second-order valence-corrected chi connectivity index (χ2v) is 5.87. The maximum atomic E-state index is 4.42. The van der Waals surface area contributed by atoms with Crippen LogP contribution in [0.5, 0.6) is 0 Å². The van der Waals surface area contributed by atoms with Crippen LogP contribution in [0.15, 0.2) is 42.6 Å². The topological polar surface area (TPSA) is 19.4 Å². The van der Waals surface area contributed by atoms with Crippen molar-refractivity contribution in [1.29, 1.82) is 0 Å². The zero-order valence-corrected chi connectivity index (χ0v) is 12.9. The highest BCUT2D eigenvalue weighted by Crippen LogP contribution is 2.23. The third-order valence-corrected chi connectivity index (χ3v) is 4.19. The molecule has 0 N–H and O–H groups in total. The van der Waals surface area contributed by atoms with Crippen molar-refractivity contribution in [2.45, 2.75) is 20.4 Å². The van der Waals surface area contributed by atoms with Crippen molar-refractivity contribution in [3.05, 3.63) is 59.4 Å². The summed E-state index contributed by atoms with van der Waals surface area (Å²) < 4.78 is 0. The van der Waals surface area contributed by atoms with Gasteiger partial charge in [-0.05, 0) is 43.2 Å². The fourth-order valence-electron chi connectivity index (χ4n) is 2.93. The number of benzene rings is 1. The summed E-state index contributed by atoms with van der Waals surface area (Å²) in [6.07, 6.45) is 1.88. The Morgan fingerprint density at radius 3 is 2.52 bits per heavy atom. The van der Waals surface area contributed by atoms with Crippen molar-refractivity contribution in [2.24, 2.45) is 0 Å². The number of pyridine rings is 1. The highest BCUT2D eigenvalue weighted by molar-refractivity contribution is 5.55. The molecular formula is C18H23N3. The van der Waals surface area contributed by atoms with Gasteiger partial charge in [-0.15, -0.1) is 0 Å². The molecule has 1 aliphatic rings. The molecule has 0 radical (unpaired) electrons. The molecule has 2 aromatic rings. The van der Waals surface area contributed by atoms with E-state index in [2.05, 4.69) is 59.0 Å². The van der Waals surface area contributed by atoms with E-state index in [-0.39, 0.29) is 0 Å². The first-order valence-corrected chi connectivity index (χ1v) is 7.67. The SMILES string of the molecule is Cc1ccc(C)c(N2CCN(Cc3ccccn3)CC2)c1. The van der Waals surface area contributed by atoms with E-state index in [1.807, 2.05) is 12.3 Å². The Morgan fingerprint density at radius 2 is 1.81 bits per heavy atom. The second-order valence-electron chi connectivity index (χ2n) is 5.87. The summed E-state index contributed by atoms with van der Waals surface area (Å²) in [7, 11) is 0. The Morgan fingerprint density at radius 1 is 1.00 bits per heavy atom. The quantitative estimate of drug-likeness (QED) is 0.862. The largest absolute Gasteiger partial charge is 0.369 e. The first-order valence-electron chi connectivity index (χ1n) is 7.67. The molecule has 0 aliphatic carbocycles. The molecule has 3 rings (SSSR count). The van der Waals surface area contributed by atoms with Crippen molar-refractivity contribution < 1.29 is 0 Å². The van der Waals surface area contributed by atoms with E-state index >= 15 is 0 Å². The van der Waals surface area contributed by atoms with E-state index < -0.39 is 0 Å². The van der Waals surface area contributed by atoms with Gasteiger partial charge in [0.1, 0.15) is 0 Å². The summed E-state index contributed by atoms with van der Waals surface area (Å²) in [6.45, 7) is 9.72. The Labute approximate surface area is 127 Å². The molecule has 3 nitrogen and oxygen atoms in total. The van der Waals surface area contributed by atoms with E-state index in [1.54, 1.807) is 0 Å². The summed E-state index contributed by atoms with van der Waals surface area (Å²) in [6, 6.07) is 12.9. The minimum Gasteiger partial charge on any atom is -0.369 e. The van der Waals surface area contributed by atoms with E-state index in [1.165, 1.54) is 16.8 Å². The van der Waals surface area contributed by atoms with E-state index in [4.69, 9.17) is 0 Å². The van der Waals surface area contributed by atoms with Crippen LogP contribution in [-0.2, 0) is 6.54 Å². The molecule has 1 fully saturated rings. The lowest BCUT2D eigenvalue weighted by Gasteiger charge is -2.36. The molecule has 0 atom stereocenters. The molecule has 21 heavy (non-hydrogen) atoms. The number of aromatic nitrogens is 1. The van der Waals surface area contributed by atoms with E-state index in [0.29, 0.717) is 0 Å². The van der Waals surface area contributed by atoms with Gasteiger partial charge in [-0.2, -0.15) is 0 Å². The molecule has 1 aliphatic heterocycles. The van der Waals surface area contributed by atoms with Crippen LogP contribution in [0, 0.1) is 13.8 Å². The number of anilines is 1. The van der Waals surface area contributed by atoms with Crippen LogP contribution in [-0.4, -0.2) is 36.1 Å². The number of piperazine rings is 1. The summed E-state index contributed by atoms with van der Waals surface area (Å²) in [5, 5.41) is 0. The summed E-state index contributed by atoms with van der Waals surface area (Å²) in [4.78, 5) is 9.42. The van der Waals surface area contributed by atoms with Gasteiger partial charge in [0.2, 0.25) is 0 Å². The lowest BCUT2D eigenvalue weighted by atomic mass is 10.1. The van der Waals surface area contributed by atoms with Crippen molar-refractivity contribution >= 4 is 5.69 Å². The van der Waals surface area contributed by atoms with Crippen LogP contribution in [0.4, 0.5) is 5.69 Å². The molecule has 1 saturated heterocycles. The summed E-state index contributed by atoms with van der Waals surface area (Å²) >= 11 is 0. The fourth-order valence-corrected chi connectivity index (χ4v) is 2.93. The Bertz CT molecular complexity index is 587. The molecule has 0 saturated carbocycles. The fraction of sp³-hybridized carbons (Fsp3) is 0.389. The zero-order valence-electron chi connectivity index (χ0n) is 12.9. The van der Waals surface area contributed by atoms with Gasteiger partial charge in [0.25, 0.3) is 0 Å². The molecule has 1 aromatic heterocycles. The third-order valence-electron chi connectivity index (χ3n) is 4.19. The number of aryl methyl sites for hydroxylation is 2. The lowest BCUT2D eigenvalue weighted by Crippen LogP contribution is -2.46. The Hall–Kier alpha value is -1.87. The van der Waals surface area contributed by atoms with Gasteiger partial charge in [-0.1, -0.05) is 18.2 Å². The summed E-state index contributed by atoms with van der Waals surface area (Å²) in [5.41, 5.74) is 5.27. The monoisotopic (exact) mass is 281 g/mol. The number of nitrogens with zero attached hydrogens (tertiary/aromatic N) is 3. The lowest BCUT2D eigenvalue weighted by molar-refractivity contribution is 0.247. The summed E-state index contributed by atoms with van der Waals surface area (Å²) in [5.74, 6) is 0. The van der Waals surface area contributed by atoms with Crippen molar-refractivity contribution in [2.75, 3.05) is 31.1 Å². The van der Waals surface area contributed by atoms with Crippen LogP contribution in [0.1, 0.15) is 16.8 Å². The normalized spacial score (nSPS) is 16.2. The van der Waals surface area contributed by atoms with Gasteiger partial charge in [0.05, 0.1) is 5.69 Å². The van der Waals surface area contributed by atoms with Gasteiger partial charge in [0, 0.05) is 44.6 Å². The van der Waals surface area contributed by atoms with Crippen LogP contribution in [0.3, 0.4) is 0 Å². The van der Waals surface area contributed by atoms with Gasteiger partial charge in [-0.3, -0.25) is 9.88 Å². The smallest absolute Gasteiger partial charge is 0.0543 e. The number of rotatable bonds is 3. The first kappa shape index (κ1) is 14.1.